The fourth-order valence-corrected chi connectivity index (χ4v) is 3.88. The monoisotopic (exact) mass is 373 g/mol. The smallest absolute Gasteiger partial charge is 0.225 e. The van der Waals surface area contributed by atoms with E-state index in [9.17, 15) is 4.79 Å². The number of piperidine rings is 1. The third kappa shape index (κ3) is 4.63. The molecule has 0 aromatic heterocycles. The zero-order chi connectivity index (χ0) is 15.5. The van der Waals surface area contributed by atoms with Gasteiger partial charge in [0.1, 0.15) is 0 Å². The summed E-state index contributed by atoms with van der Waals surface area (Å²) >= 11 is 0. The second kappa shape index (κ2) is 9.62. The maximum Gasteiger partial charge on any atom is 0.225 e. The Balaban J connectivity index is 0.00000144. The maximum atomic E-state index is 12.8. The van der Waals surface area contributed by atoms with E-state index in [2.05, 4.69) is 41.1 Å². The molecule has 2 heterocycles. The first kappa shape index (κ1) is 21.2. The van der Waals surface area contributed by atoms with Crippen LogP contribution in [-0.4, -0.2) is 55.5 Å². The van der Waals surface area contributed by atoms with Crippen molar-refractivity contribution in [2.45, 2.75) is 18.8 Å². The molecule has 0 radical (unpaired) electrons. The minimum atomic E-state index is 0. The molecule has 2 atom stereocenters. The van der Waals surface area contributed by atoms with Gasteiger partial charge in [0.25, 0.3) is 0 Å². The zero-order valence-electron chi connectivity index (χ0n) is 14.3. The third-order valence-corrected chi connectivity index (χ3v) is 5.35. The topological polar surface area (TPSA) is 49.6 Å². The lowest BCUT2D eigenvalue weighted by Gasteiger charge is -2.31. The van der Waals surface area contributed by atoms with Crippen molar-refractivity contribution < 1.29 is 4.79 Å². The van der Waals surface area contributed by atoms with Crippen LogP contribution in [0.25, 0.3) is 0 Å². The lowest BCUT2D eigenvalue weighted by molar-refractivity contribution is -0.136. The minimum absolute atomic E-state index is 0. The summed E-state index contributed by atoms with van der Waals surface area (Å²) in [5.74, 6) is 1.34. The number of carbonyl (C=O) groups excluding carboxylic acids is 1. The normalized spacial score (nSPS) is 25.0. The largest absolute Gasteiger partial charge is 0.341 e. The van der Waals surface area contributed by atoms with E-state index in [4.69, 9.17) is 5.73 Å². The minimum Gasteiger partial charge on any atom is -0.341 e. The second-order valence-electron chi connectivity index (χ2n) is 6.83. The first-order valence-electron chi connectivity index (χ1n) is 8.41. The highest BCUT2D eigenvalue weighted by molar-refractivity contribution is 5.85. The number of halogens is 2. The summed E-state index contributed by atoms with van der Waals surface area (Å²) in [5.41, 5.74) is 7.29. The summed E-state index contributed by atoms with van der Waals surface area (Å²) < 4.78 is 0. The van der Waals surface area contributed by atoms with Crippen LogP contribution < -0.4 is 5.73 Å². The standard InChI is InChI=1S/C18H27N3O.2ClH/c1-20-9-7-15(8-10-20)18(22)21-12-16(11-19)17(13-21)14-5-3-2-4-6-14;;/h2-6,15-17H,7-13,19H2,1H3;2*1H/t16-,17+;;/m1../s1. The number of likely N-dealkylation sites (tertiary alicyclic amines) is 2. The first-order valence-corrected chi connectivity index (χ1v) is 8.41. The molecular formula is C18H29Cl2N3O. The van der Waals surface area contributed by atoms with Gasteiger partial charge < -0.3 is 15.5 Å². The molecule has 4 nitrogen and oxygen atoms in total. The average molecular weight is 374 g/mol. The molecule has 2 saturated heterocycles. The molecular weight excluding hydrogens is 345 g/mol. The lowest BCUT2D eigenvalue weighted by atomic mass is 9.89. The van der Waals surface area contributed by atoms with Gasteiger partial charge in [0.2, 0.25) is 5.91 Å². The summed E-state index contributed by atoms with van der Waals surface area (Å²) in [7, 11) is 2.13. The Bertz CT molecular complexity index is 506. The van der Waals surface area contributed by atoms with Gasteiger partial charge in [-0.2, -0.15) is 0 Å². The quantitative estimate of drug-likeness (QED) is 0.884. The molecule has 0 unspecified atom stereocenters. The van der Waals surface area contributed by atoms with Crippen LogP contribution in [0.5, 0.6) is 0 Å². The third-order valence-electron chi connectivity index (χ3n) is 5.35. The summed E-state index contributed by atoms with van der Waals surface area (Å²) in [6.07, 6.45) is 1.99. The van der Waals surface area contributed by atoms with Gasteiger partial charge in [-0.05, 0) is 51.0 Å². The maximum absolute atomic E-state index is 12.8. The van der Waals surface area contributed by atoms with Crippen LogP contribution >= 0.6 is 24.8 Å². The van der Waals surface area contributed by atoms with Gasteiger partial charge in [-0.1, -0.05) is 30.3 Å². The molecule has 1 amide bonds. The zero-order valence-corrected chi connectivity index (χ0v) is 15.9. The fourth-order valence-electron chi connectivity index (χ4n) is 3.88. The molecule has 6 heteroatoms. The van der Waals surface area contributed by atoms with Gasteiger partial charge in [-0.3, -0.25) is 4.79 Å². The first-order chi connectivity index (χ1) is 10.7. The fraction of sp³-hybridized carbons (Fsp3) is 0.611. The highest BCUT2D eigenvalue weighted by Gasteiger charge is 2.37. The molecule has 0 saturated carbocycles. The van der Waals surface area contributed by atoms with E-state index >= 15 is 0 Å². The van der Waals surface area contributed by atoms with Crippen molar-refractivity contribution in [3.8, 4) is 0 Å². The molecule has 0 aliphatic carbocycles. The number of hydrogen-bond acceptors (Lipinski definition) is 3. The molecule has 2 N–H and O–H groups in total. The number of amides is 1. The Labute approximate surface area is 157 Å². The molecule has 0 bridgehead atoms. The predicted octanol–water partition coefficient (Wildman–Crippen LogP) is 2.37. The van der Waals surface area contributed by atoms with Gasteiger partial charge in [-0.25, -0.2) is 0 Å². The SMILES string of the molecule is CN1CCC(C(=O)N2C[C@@H](CN)[C@H](c3ccccc3)C2)CC1.Cl.Cl. The van der Waals surface area contributed by atoms with Crippen LogP contribution in [0.4, 0.5) is 0 Å². The molecule has 2 fully saturated rings. The Morgan fingerprint density at radius 2 is 1.75 bits per heavy atom. The Hall–Kier alpha value is -0.810. The lowest BCUT2D eigenvalue weighted by Crippen LogP contribution is -2.40. The van der Waals surface area contributed by atoms with Gasteiger partial charge in [0.15, 0.2) is 0 Å². The predicted molar refractivity (Wildman–Crippen MR) is 103 cm³/mol. The number of carbonyl (C=O) groups is 1. The number of hydrogen-bond donors (Lipinski definition) is 1. The molecule has 3 rings (SSSR count). The number of rotatable bonds is 3. The van der Waals surface area contributed by atoms with Crippen LogP contribution in [-0.2, 0) is 4.79 Å². The van der Waals surface area contributed by atoms with E-state index in [0.717, 1.165) is 39.0 Å². The van der Waals surface area contributed by atoms with Gasteiger partial charge in [0, 0.05) is 24.9 Å². The van der Waals surface area contributed by atoms with Gasteiger partial charge >= 0.3 is 0 Å². The highest BCUT2D eigenvalue weighted by atomic mass is 35.5. The average Bonchev–Trinajstić information content (AvgIpc) is 3.00. The second-order valence-corrected chi connectivity index (χ2v) is 6.83. The van der Waals surface area contributed by atoms with Crippen molar-refractivity contribution >= 4 is 30.7 Å². The molecule has 136 valence electrons. The van der Waals surface area contributed by atoms with Crippen LogP contribution in [0.3, 0.4) is 0 Å². The number of nitrogens with two attached hydrogens (primary N) is 1. The van der Waals surface area contributed by atoms with E-state index < -0.39 is 0 Å². The summed E-state index contributed by atoms with van der Waals surface area (Å²) in [6.45, 7) is 4.37. The Morgan fingerprint density at radius 1 is 1.12 bits per heavy atom. The summed E-state index contributed by atoms with van der Waals surface area (Å²) in [6, 6.07) is 10.5. The van der Waals surface area contributed by atoms with Gasteiger partial charge in [0.05, 0.1) is 0 Å². The van der Waals surface area contributed by atoms with E-state index in [-0.39, 0.29) is 30.7 Å². The molecule has 1 aromatic carbocycles. The van der Waals surface area contributed by atoms with Crippen molar-refractivity contribution in [1.82, 2.24) is 9.80 Å². The molecule has 2 aliphatic heterocycles. The van der Waals surface area contributed by atoms with Gasteiger partial charge in [-0.15, -0.1) is 24.8 Å². The molecule has 2 aliphatic rings. The van der Waals surface area contributed by atoms with E-state index in [1.54, 1.807) is 0 Å². The van der Waals surface area contributed by atoms with Crippen LogP contribution in [0.15, 0.2) is 30.3 Å². The van der Waals surface area contributed by atoms with E-state index in [1.165, 1.54) is 5.56 Å². The Morgan fingerprint density at radius 3 is 2.33 bits per heavy atom. The van der Waals surface area contributed by atoms with Crippen molar-refractivity contribution in [3.05, 3.63) is 35.9 Å². The van der Waals surface area contributed by atoms with Crippen LogP contribution in [0, 0.1) is 11.8 Å². The molecule has 24 heavy (non-hydrogen) atoms. The van der Waals surface area contributed by atoms with Crippen molar-refractivity contribution in [2.24, 2.45) is 17.6 Å². The number of benzene rings is 1. The number of nitrogens with zero attached hydrogens (tertiary/aromatic N) is 2. The van der Waals surface area contributed by atoms with E-state index in [0.29, 0.717) is 24.3 Å². The summed E-state index contributed by atoms with van der Waals surface area (Å²) in [5, 5.41) is 0. The Kier molecular flexibility index (Phi) is 8.51. The van der Waals surface area contributed by atoms with Crippen LogP contribution in [0.2, 0.25) is 0 Å². The summed E-state index contributed by atoms with van der Waals surface area (Å²) in [4.78, 5) is 17.2. The molecule has 0 spiro atoms. The molecule has 1 aromatic rings. The van der Waals surface area contributed by atoms with Crippen LogP contribution in [0.1, 0.15) is 24.3 Å². The van der Waals surface area contributed by atoms with E-state index in [1.807, 2.05) is 6.07 Å². The highest BCUT2D eigenvalue weighted by Crippen LogP contribution is 2.33. The van der Waals surface area contributed by atoms with Crippen molar-refractivity contribution in [3.63, 3.8) is 0 Å². The van der Waals surface area contributed by atoms with Crippen molar-refractivity contribution in [1.29, 1.82) is 0 Å². The van der Waals surface area contributed by atoms with Crippen molar-refractivity contribution in [2.75, 3.05) is 39.8 Å².